The number of thioether (sulfide) groups is 1. The number of carbonyl (C=O) groups excluding carboxylic acids is 1. The van der Waals surface area contributed by atoms with Gasteiger partial charge in [0.2, 0.25) is 0 Å². The maximum absolute atomic E-state index is 12.5. The molecule has 0 spiro atoms. The molecule has 3 aromatic carbocycles. The maximum Gasteiger partial charge on any atom is 0.381 e. The zero-order valence-corrected chi connectivity index (χ0v) is 21.4. The minimum absolute atomic E-state index is 0.135. The Hall–Kier alpha value is -2.22. The van der Waals surface area contributed by atoms with E-state index in [0.717, 1.165) is 16.7 Å². The molecule has 0 aromatic heterocycles. The summed E-state index contributed by atoms with van der Waals surface area (Å²) in [5.41, 5.74) is 2.85. The van der Waals surface area contributed by atoms with Crippen molar-refractivity contribution in [2.75, 3.05) is 5.75 Å². The Morgan fingerprint density at radius 3 is 1.40 bits per heavy atom. The van der Waals surface area contributed by atoms with Crippen LogP contribution in [0.25, 0.3) is 0 Å². The van der Waals surface area contributed by atoms with Gasteiger partial charge in [0.15, 0.2) is 0 Å². The highest BCUT2D eigenvalue weighted by atomic mass is 32.2. The number of ether oxygens (including phenoxy) is 1. The van der Waals surface area contributed by atoms with Gasteiger partial charge in [-0.1, -0.05) is 91.0 Å². The lowest BCUT2D eigenvalue weighted by Crippen LogP contribution is -2.32. The Morgan fingerprint density at radius 2 is 1.09 bits per heavy atom. The van der Waals surface area contributed by atoms with Crippen LogP contribution >= 0.6 is 27.0 Å². The van der Waals surface area contributed by atoms with Gasteiger partial charge in [0.1, 0.15) is 0 Å². The van der Waals surface area contributed by atoms with Crippen LogP contribution in [-0.4, -0.2) is 36.4 Å². The fourth-order valence-electron chi connectivity index (χ4n) is 3.61. The SMILES string of the molecule is CC(OC(=O)CCSC(c1ccccc1)(c1ccccc1)c1ccccc1)(P(=O)(O)O)P(=O)(O)O. The molecule has 0 saturated heterocycles. The molecule has 0 unspecified atom stereocenters. The molecule has 8 nitrogen and oxygen atoms in total. The van der Waals surface area contributed by atoms with Crippen molar-refractivity contribution in [3.8, 4) is 0 Å². The molecule has 0 radical (unpaired) electrons. The van der Waals surface area contributed by atoms with E-state index < -0.39 is 31.0 Å². The normalized spacial score (nSPS) is 12.8. The second-order valence-corrected chi connectivity index (χ2v) is 13.4. The number of hydrogen-bond donors (Lipinski definition) is 4. The molecule has 0 heterocycles. The van der Waals surface area contributed by atoms with Crippen LogP contribution in [0.3, 0.4) is 0 Å². The summed E-state index contributed by atoms with van der Waals surface area (Å²) >= 11 is 1.41. The second-order valence-electron chi connectivity index (χ2n) is 7.87. The van der Waals surface area contributed by atoms with E-state index in [1.807, 2.05) is 91.0 Å². The minimum atomic E-state index is -5.48. The lowest BCUT2D eigenvalue weighted by Gasteiger charge is -2.35. The van der Waals surface area contributed by atoms with Crippen LogP contribution < -0.4 is 0 Å². The molecule has 3 rings (SSSR count). The molecule has 0 aliphatic carbocycles. The minimum Gasteiger partial charge on any atom is -0.433 e. The number of hydrogen-bond acceptors (Lipinski definition) is 5. The molecule has 11 heteroatoms. The lowest BCUT2D eigenvalue weighted by molar-refractivity contribution is -0.148. The summed E-state index contributed by atoms with van der Waals surface area (Å²) in [6, 6.07) is 29.0. The van der Waals surface area contributed by atoms with E-state index in [-0.39, 0.29) is 12.2 Å². The van der Waals surface area contributed by atoms with Gasteiger partial charge in [0.05, 0.1) is 11.2 Å². The molecule has 4 N–H and O–H groups in total. The van der Waals surface area contributed by atoms with Gasteiger partial charge < -0.3 is 24.3 Å². The van der Waals surface area contributed by atoms with Gasteiger partial charge in [-0.05, 0) is 23.6 Å². The zero-order chi connectivity index (χ0) is 25.7. The fourth-order valence-corrected chi connectivity index (χ4v) is 6.89. The van der Waals surface area contributed by atoms with Gasteiger partial charge in [0.25, 0.3) is 0 Å². The summed E-state index contributed by atoms with van der Waals surface area (Å²) < 4.78 is 27.5. The Kier molecular flexibility index (Phi) is 8.45. The smallest absolute Gasteiger partial charge is 0.381 e. The van der Waals surface area contributed by atoms with Crippen LogP contribution in [0.1, 0.15) is 30.0 Å². The molecule has 3 aromatic rings. The third kappa shape index (κ3) is 5.79. The quantitative estimate of drug-likeness (QED) is 0.165. The first-order valence-corrected chi connectivity index (χ1v) is 14.8. The monoisotopic (exact) mass is 536 g/mol. The first-order chi connectivity index (χ1) is 16.4. The first-order valence-electron chi connectivity index (χ1n) is 10.6. The van der Waals surface area contributed by atoms with Crippen LogP contribution in [0, 0.1) is 0 Å². The average Bonchev–Trinajstić information content (AvgIpc) is 2.82. The summed E-state index contributed by atoms with van der Waals surface area (Å²) in [5.74, 6) is -0.995. The molecular formula is C24H26O8P2S. The number of carbonyl (C=O) groups is 1. The lowest BCUT2D eigenvalue weighted by atomic mass is 9.84. The Morgan fingerprint density at radius 1 is 0.743 bits per heavy atom. The van der Waals surface area contributed by atoms with Crippen LogP contribution in [0.4, 0.5) is 0 Å². The average molecular weight is 536 g/mol. The Balaban J connectivity index is 1.95. The standard InChI is InChI=1S/C24H26O8P2S/c1-23(33(26,27)28,34(29,30)31)32-22(25)17-18-35-24(19-11-5-2-6-12-19,20-13-7-3-8-14-20)21-15-9-4-10-16-21/h2-16H,17-18H2,1H3,(H2,26,27,28)(H2,29,30,31). The van der Waals surface area contributed by atoms with Gasteiger partial charge in [-0.3, -0.25) is 13.9 Å². The third-order valence-corrected chi connectivity index (χ3v) is 11.0. The summed E-state index contributed by atoms with van der Waals surface area (Å²) in [4.78, 5) is 50.4. The maximum atomic E-state index is 12.5. The van der Waals surface area contributed by atoms with Gasteiger partial charge in [0, 0.05) is 5.75 Å². The summed E-state index contributed by atoms with van der Waals surface area (Å²) in [6.45, 7) is 0.543. The number of esters is 1. The Bertz CT molecular complexity index is 1110. The van der Waals surface area contributed by atoms with E-state index in [0.29, 0.717) is 6.92 Å². The molecule has 35 heavy (non-hydrogen) atoms. The molecule has 0 aliphatic rings. The molecule has 0 bridgehead atoms. The van der Waals surface area contributed by atoms with E-state index >= 15 is 0 Å². The van der Waals surface area contributed by atoms with Gasteiger partial charge in [-0.25, -0.2) is 0 Å². The highest BCUT2D eigenvalue weighted by Gasteiger charge is 2.60. The highest BCUT2D eigenvalue weighted by Crippen LogP contribution is 2.69. The molecule has 0 saturated carbocycles. The van der Waals surface area contributed by atoms with Crippen molar-refractivity contribution in [2.45, 2.75) is 23.2 Å². The molecule has 186 valence electrons. The summed E-state index contributed by atoms with van der Waals surface area (Å²) in [5, 5.41) is -3.25. The predicted octanol–water partition coefficient (Wildman–Crippen LogP) is 4.67. The van der Waals surface area contributed by atoms with E-state index in [2.05, 4.69) is 0 Å². The third-order valence-electron chi connectivity index (χ3n) is 5.55. The van der Waals surface area contributed by atoms with Gasteiger partial charge in [-0.2, -0.15) is 0 Å². The van der Waals surface area contributed by atoms with Crippen molar-refractivity contribution >= 4 is 32.9 Å². The van der Waals surface area contributed by atoms with Crippen LogP contribution in [0.5, 0.6) is 0 Å². The van der Waals surface area contributed by atoms with E-state index in [4.69, 9.17) is 4.74 Å². The number of rotatable bonds is 10. The van der Waals surface area contributed by atoms with E-state index in [1.54, 1.807) is 0 Å². The first kappa shape index (κ1) is 27.4. The summed E-state index contributed by atoms with van der Waals surface area (Å²) in [7, 11) is -11.0. The largest absolute Gasteiger partial charge is 0.433 e. The van der Waals surface area contributed by atoms with Gasteiger partial charge >= 0.3 is 26.2 Å². The molecular weight excluding hydrogens is 510 g/mol. The summed E-state index contributed by atoms with van der Waals surface area (Å²) in [6.07, 6.45) is -0.339. The molecule has 0 aliphatic heterocycles. The topological polar surface area (TPSA) is 141 Å². The van der Waals surface area contributed by atoms with E-state index in [1.165, 1.54) is 11.8 Å². The highest BCUT2D eigenvalue weighted by molar-refractivity contribution is 8.00. The van der Waals surface area contributed by atoms with Crippen molar-refractivity contribution in [3.05, 3.63) is 108 Å². The zero-order valence-electron chi connectivity index (χ0n) is 18.8. The van der Waals surface area contributed by atoms with Crippen LogP contribution in [0.15, 0.2) is 91.0 Å². The fraction of sp³-hybridized carbons (Fsp3) is 0.208. The molecule has 0 atom stereocenters. The van der Waals surface area contributed by atoms with Crippen molar-refractivity contribution in [1.82, 2.24) is 0 Å². The van der Waals surface area contributed by atoms with Gasteiger partial charge in [-0.15, -0.1) is 11.8 Å². The van der Waals surface area contributed by atoms with Crippen molar-refractivity contribution < 1.29 is 38.2 Å². The van der Waals surface area contributed by atoms with Crippen LogP contribution in [0.2, 0.25) is 0 Å². The second kappa shape index (κ2) is 10.8. The van der Waals surface area contributed by atoms with E-state index in [9.17, 15) is 33.5 Å². The van der Waals surface area contributed by atoms with Crippen molar-refractivity contribution in [1.29, 1.82) is 0 Å². The van der Waals surface area contributed by atoms with Crippen molar-refractivity contribution in [3.63, 3.8) is 0 Å². The Labute approximate surface area is 207 Å². The molecule has 0 fully saturated rings. The molecule has 0 amide bonds. The number of benzene rings is 3. The van der Waals surface area contributed by atoms with Crippen molar-refractivity contribution in [2.24, 2.45) is 0 Å². The van der Waals surface area contributed by atoms with Crippen LogP contribution in [-0.2, 0) is 23.4 Å². The predicted molar refractivity (Wildman–Crippen MR) is 135 cm³/mol.